The Hall–Kier alpha value is -1.30. The van der Waals surface area contributed by atoms with E-state index in [2.05, 4.69) is 9.88 Å². The number of halogens is 3. The average Bonchev–Trinajstić information content (AvgIpc) is 2.38. The van der Waals surface area contributed by atoms with E-state index in [4.69, 9.17) is 0 Å². The molecule has 0 atom stereocenters. The van der Waals surface area contributed by atoms with Gasteiger partial charge in [0.1, 0.15) is 5.82 Å². The molecule has 1 aliphatic rings. The third-order valence-electron chi connectivity index (χ3n) is 3.59. The van der Waals surface area contributed by atoms with Crippen LogP contribution in [-0.4, -0.2) is 43.1 Å². The number of pyridine rings is 1. The largest absolute Gasteiger partial charge is 0.419 e. The Morgan fingerprint density at radius 1 is 1.26 bits per heavy atom. The molecule has 1 fully saturated rings. The number of piperidine rings is 1. The summed E-state index contributed by atoms with van der Waals surface area (Å²) in [6.45, 7) is 1.23. The lowest BCUT2D eigenvalue weighted by molar-refractivity contribution is -0.137. The third kappa shape index (κ3) is 3.18. The highest BCUT2D eigenvalue weighted by Gasteiger charge is 2.36. The molecule has 1 saturated heterocycles. The van der Waals surface area contributed by atoms with Crippen molar-refractivity contribution in [3.63, 3.8) is 0 Å². The molecule has 1 aromatic rings. The molecule has 1 aromatic heterocycles. The Morgan fingerprint density at radius 3 is 2.42 bits per heavy atom. The maximum atomic E-state index is 12.9. The first-order valence-electron chi connectivity index (χ1n) is 6.33. The standard InChI is InChI=1S/C13H18F3N3/c1-18(2)10-5-8-19(9-6-10)12-11(13(14,15)16)4-3-7-17-12/h3-4,7,10H,5-6,8-9H2,1-2H3. The Morgan fingerprint density at radius 2 is 1.89 bits per heavy atom. The molecule has 0 spiro atoms. The van der Waals surface area contributed by atoms with Gasteiger partial charge in [-0.3, -0.25) is 0 Å². The number of nitrogens with zero attached hydrogens (tertiary/aromatic N) is 3. The summed E-state index contributed by atoms with van der Waals surface area (Å²) >= 11 is 0. The molecular weight excluding hydrogens is 255 g/mol. The van der Waals surface area contributed by atoms with Gasteiger partial charge in [-0.25, -0.2) is 4.98 Å². The Labute approximate surface area is 111 Å². The van der Waals surface area contributed by atoms with Crippen LogP contribution in [0.2, 0.25) is 0 Å². The lowest BCUT2D eigenvalue weighted by Crippen LogP contribution is -2.42. The van der Waals surface area contributed by atoms with Crippen LogP contribution in [0.25, 0.3) is 0 Å². The van der Waals surface area contributed by atoms with Gasteiger partial charge in [-0.2, -0.15) is 13.2 Å². The van der Waals surface area contributed by atoms with E-state index >= 15 is 0 Å². The van der Waals surface area contributed by atoms with E-state index in [1.165, 1.54) is 12.3 Å². The molecule has 19 heavy (non-hydrogen) atoms. The van der Waals surface area contributed by atoms with E-state index < -0.39 is 11.7 Å². The minimum Gasteiger partial charge on any atom is -0.356 e. The van der Waals surface area contributed by atoms with Crippen molar-refractivity contribution in [3.05, 3.63) is 23.9 Å². The SMILES string of the molecule is CN(C)C1CCN(c2ncccc2C(F)(F)F)CC1. The smallest absolute Gasteiger partial charge is 0.356 e. The summed E-state index contributed by atoms with van der Waals surface area (Å²) in [7, 11) is 4.00. The maximum absolute atomic E-state index is 12.9. The predicted molar refractivity (Wildman–Crippen MR) is 68.2 cm³/mol. The van der Waals surface area contributed by atoms with Gasteiger partial charge in [0, 0.05) is 25.3 Å². The van der Waals surface area contributed by atoms with Gasteiger partial charge in [-0.05, 0) is 39.1 Å². The third-order valence-corrected chi connectivity index (χ3v) is 3.59. The molecule has 3 nitrogen and oxygen atoms in total. The van der Waals surface area contributed by atoms with Crippen LogP contribution in [0, 0.1) is 0 Å². The van der Waals surface area contributed by atoms with Crippen LogP contribution in [0.4, 0.5) is 19.0 Å². The summed E-state index contributed by atoms with van der Waals surface area (Å²) in [4.78, 5) is 7.80. The van der Waals surface area contributed by atoms with Gasteiger partial charge in [0.15, 0.2) is 0 Å². The summed E-state index contributed by atoms with van der Waals surface area (Å²) in [5.41, 5.74) is -0.640. The average molecular weight is 273 g/mol. The number of aromatic nitrogens is 1. The fourth-order valence-electron chi connectivity index (χ4n) is 2.46. The molecule has 0 saturated carbocycles. The fourth-order valence-corrected chi connectivity index (χ4v) is 2.46. The van der Waals surface area contributed by atoms with Gasteiger partial charge in [-0.1, -0.05) is 0 Å². The lowest BCUT2D eigenvalue weighted by atomic mass is 10.0. The van der Waals surface area contributed by atoms with Crippen molar-refractivity contribution in [2.24, 2.45) is 0 Å². The van der Waals surface area contributed by atoms with Crippen LogP contribution in [0.1, 0.15) is 18.4 Å². The van der Waals surface area contributed by atoms with Crippen LogP contribution in [0.5, 0.6) is 0 Å². The zero-order valence-electron chi connectivity index (χ0n) is 11.1. The molecule has 0 aliphatic carbocycles. The maximum Gasteiger partial charge on any atom is 0.419 e. The van der Waals surface area contributed by atoms with Crippen molar-refractivity contribution >= 4 is 5.82 Å². The highest BCUT2D eigenvalue weighted by Crippen LogP contribution is 2.36. The van der Waals surface area contributed by atoms with E-state index in [0.29, 0.717) is 19.1 Å². The first-order valence-corrected chi connectivity index (χ1v) is 6.33. The van der Waals surface area contributed by atoms with E-state index in [9.17, 15) is 13.2 Å². The second-order valence-corrected chi connectivity index (χ2v) is 5.05. The molecule has 106 valence electrons. The van der Waals surface area contributed by atoms with Crippen LogP contribution in [0.15, 0.2) is 18.3 Å². The molecule has 0 bridgehead atoms. The van der Waals surface area contributed by atoms with Crippen molar-refractivity contribution in [2.75, 3.05) is 32.1 Å². The summed E-state index contributed by atoms with van der Waals surface area (Å²) in [5, 5.41) is 0. The number of alkyl halides is 3. The van der Waals surface area contributed by atoms with Crippen molar-refractivity contribution in [1.82, 2.24) is 9.88 Å². The number of hydrogen-bond donors (Lipinski definition) is 0. The molecular formula is C13H18F3N3. The van der Waals surface area contributed by atoms with Gasteiger partial charge < -0.3 is 9.80 Å². The van der Waals surface area contributed by atoms with Gasteiger partial charge in [0.25, 0.3) is 0 Å². The summed E-state index contributed by atoms with van der Waals surface area (Å²) in [6.07, 6.45) is -1.20. The highest BCUT2D eigenvalue weighted by atomic mass is 19.4. The molecule has 0 unspecified atom stereocenters. The molecule has 2 rings (SSSR count). The molecule has 2 heterocycles. The summed E-state index contributed by atoms with van der Waals surface area (Å²) in [5.74, 6) is 0.0622. The molecule has 0 aromatic carbocycles. The monoisotopic (exact) mass is 273 g/mol. The van der Waals surface area contributed by atoms with Gasteiger partial charge in [0.2, 0.25) is 0 Å². The normalized spacial score (nSPS) is 18.1. The van der Waals surface area contributed by atoms with E-state index in [0.717, 1.165) is 18.9 Å². The zero-order chi connectivity index (χ0) is 14.0. The second kappa shape index (κ2) is 5.36. The quantitative estimate of drug-likeness (QED) is 0.825. The molecule has 0 amide bonds. The summed E-state index contributed by atoms with van der Waals surface area (Å²) < 4.78 is 38.8. The van der Waals surface area contributed by atoms with Crippen molar-refractivity contribution in [1.29, 1.82) is 0 Å². The van der Waals surface area contributed by atoms with E-state index in [1.54, 1.807) is 4.90 Å². The van der Waals surface area contributed by atoms with E-state index in [-0.39, 0.29) is 5.82 Å². The van der Waals surface area contributed by atoms with Crippen molar-refractivity contribution in [2.45, 2.75) is 25.1 Å². The first kappa shape index (κ1) is 14.1. The van der Waals surface area contributed by atoms with E-state index in [1.807, 2.05) is 14.1 Å². The Bertz CT molecular complexity index is 423. The van der Waals surface area contributed by atoms with Gasteiger partial charge >= 0.3 is 6.18 Å². The van der Waals surface area contributed by atoms with Crippen molar-refractivity contribution in [3.8, 4) is 0 Å². The number of hydrogen-bond acceptors (Lipinski definition) is 3. The zero-order valence-corrected chi connectivity index (χ0v) is 11.1. The number of rotatable bonds is 2. The number of anilines is 1. The van der Waals surface area contributed by atoms with Crippen LogP contribution < -0.4 is 4.90 Å². The minimum atomic E-state index is -4.35. The topological polar surface area (TPSA) is 19.4 Å². The molecule has 6 heteroatoms. The second-order valence-electron chi connectivity index (χ2n) is 5.05. The Balaban J connectivity index is 2.16. The predicted octanol–water partition coefficient (Wildman–Crippen LogP) is 2.63. The van der Waals surface area contributed by atoms with Gasteiger partial charge in [0.05, 0.1) is 5.56 Å². The first-order chi connectivity index (χ1) is 8.89. The van der Waals surface area contributed by atoms with Crippen LogP contribution >= 0.6 is 0 Å². The minimum absolute atomic E-state index is 0.0622. The molecule has 0 radical (unpaired) electrons. The van der Waals surface area contributed by atoms with Gasteiger partial charge in [-0.15, -0.1) is 0 Å². The lowest BCUT2D eigenvalue weighted by Gasteiger charge is -2.36. The fraction of sp³-hybridized carbons (Fsp3) is 0.615. The van der Waals surface area contributed by atoms with Crippen LogP contribution in [0.3, 0.4) is 0 Å². The molecule has 1 aliphatic heterocycles. The van der Waals surface area contributed by atoms with Crippen molar-refractivity contribution < 1.29 is 13.2 Å². The highest BCUT2D eigenvalue weighted by molar-refractivity contribution is 5.48. The summed E-state index contributed by atoms with van der Waals surface area (Å²) in [6, 6.07) is 2.87. The van der Waals surface area contributed by atoms with Crippen LogP contribution in [-0.2, 0) is 6.18 Å². The Kier molecular flexibility index (Phi) is 3.99. The molecule has 0 N–H and O–H groups in total.